The Morgan fingerprint density at radius 2 is 2.25 bits per heavy atom. The van der Waals surface area contributed by atoms with Gasteiger partial charge in [-0.05, 0) is 37.5 Å². The number of benzene rings is 1. The predicted octanol–water partition coefficient (Wildman–Crippen LogP) is 3.22. The van der Waals surface area contributed by atoms with Gasteiger partial charge < -0.3 is 9.84 Å². The molecule has 2 nitrogen and oxygen atoms in total. The Morgan fingerprint density at radius 1 is 1.56 bits per heavy atom. The minimum Gasteiger partial charge on any atom is -0.488 e. The van der Waals surface area contributed by atoms with Crippen LogP contribution in [0.15, 0.2) is 30.4 Å². The molecule has 0 bridgehead atoms. The zero-order chi connectivity index (χ0) is 12.1. The maximum atomic E-state index is 9.33. The smallest absolute Gasteiger partial charge is 0.138 e. The third kappa shape index (κ3) is 3.87. The molecule has 0 saturated carbocycles. The fraction of sp³-hybridized carbons (Fsp3) is 0.385. The van der Waals surface area contributed by atoms with Gasteiger partial charge in [0, 0.05) is 0 Å². The van der Waals surface area contributed by atoms with Crippen molar-refractivity contribution in [3.8, 4) is 5.75 Å². The molecule has 1 N–H and O–H groups in total. The van der Waals surface area contributed by atoms with Gasteiger partial charge in [0.05, 0.1) is 11.1 Å². The summed E-state index contributed by atoms with van der Waals surface area (Å²) >= 11 is 6.17. The number of hydrogen-bond donors (Lipinski definition) is 1. The van der Waals surface area contributed by atoms with Gasteiger partial charge in [-0.25, -0.2) is 0 Å². The standard InChI is InChI=1S/C13H17ClO2/c1-9(2)8-16-12-6-4-5-11(13(12)14)7-10(3)15/h4-6,10,15H,1,7-8H2,2-3H3. The van der Waals surface area contributed by atoms with Gasteiger partial charge >= 0.3 is 0 Å². The molecule has 0 amide bonds. The maximum absolute atomic E-state index is 9.33. The van der Waals surface area contributed by atoms with E-state index in [1.54, 1.807) is 6.92 Å². The summed E-state index contributed by atoms with van der Waals surface area (Å²) in [6, 6.07) is 5.58. The summed E-state index contributed by atoms with van der Waals surface area (Å²) in [5, 5.41) is 9.90. The van der Waals surface area contributed by atoms with Crippen molar-refractivity contribution < 1.29 is 9.84 Å². The van der Waals surface area contributed by atoms with Crippen molar-refractivity contribution in [3.05, 3.63) is 40.9 Å². The van der Waals surface area contributed by atoms with Crippen LogP contribution < -0.4 is 4.74 Å². The molecule has 1 aromatic rings. The summed E-state index contributed by atoms with van der Waals surface area (Å²) in [5.74, 6) is 0.641. The second kappa shape index (κ2) is 5.92. The van der Waals surface area contributed by atoms with Gasteiger partial charge in [0.2, 0.25) is 0 Å². The van der Waals surface area contributed by atoms with Gasteiger partial charge in [0.25, 0.3) is 0 Å². The lowest BCUT2D eigenvalue weighted by Gasteiger charge is -2.12. The summed E-state index contributed by atoms with van der Waals surface area (Å²) in [6.07, 6.45) is 0.122. The fourth-order valence-corrected chi connectivity index (χ4v) is 1.60. The minimum atomic E-state index is -0.408. The first-order chi connectivity index (χ1) is 7.50. The predicted molar refractivity (Wildman–Crippen MR) is 67.1 cm³/mol. The minimum absolute atomic E-state index is 0.408. The highest BCUT2D eigenvalue weighted by atomic mass is 35.5. The Bertz CT molecular complexity index is 372. The molecular formula is C13H17ClO2. The van der Waals surface area contributed by atoms with E-state index in [1.807, 2.05) is 25.1 Å². The molecule has 0 heterocycles. The van der Waals surface area contributed by atoms with Gasteiger partial charge in [-0.15, -0.1) is 0 Å². The number of rotatable bonds is 5. The van der Waals surface area contributed by atoms with Gasteiger partial charge in [0.15, 0.2) is 0 Å². The van der Waals surface area contributed by atoms with Crippen LogP contribution in [0.5, 0.6) is 5.75 Å². The molecule has 1 unspecified atom stereocenters. The van der Waals surface area contributed by atoms with Crippen molar-refractivity contribution >= 4 is 11.6 Å². The number of ether oxygens (including phenoxy) is 1. The number of halogens is 1. The first-order valence-electron chi connectivity index (χ1n) is 5.23. The van der Waals surface area contributed by atoms with E-state index in [0.717, 1.165) is 11.1 Å². The molecule has 88 valence electrons. The van der Waals surface area contributed by atoms with Gasteiger partial charge in [0.1, 0.15) is 12.4 Å². The molecule has 1 atom stereocenters. The molecule has 0 spiro atoms. The van der Waals surface area contributed by atoms with Crippen LogP contribution in [-0.2, 0) is 6.42 Å². The van der Waals surface area contributed by atoms with Crippen LogP contribution in [0.3, 0.4) is 0 Å². The lowest BCUT2D eigenvalue weighted by atomic mass is 10.1. The lowest BCUT2D eigenvalue weighted by molar-refractivity contribution is 0.195. The molecule has 0 aromatic heterocycles. The molecule has 16 heavy (non-hydrogen) atoms. The Hall–Kier alpha value is -0.990. The van der Waals surface area contributed by atoms with Crippen LogP contribution >= 0.6 is 11.6 Å². The van der Waals surface area contributed by atoms with Crippen LogP contribution in [0.1, 0.15) is 19.4 Å². The van der Waals surface area contributed by atoms with Crippen molar-refractivity contribution in [2.24, 2.45) is 0 Å². The first kappa shape index (κ1) is 13.1. The van der Waals surface area contributed by atoms with Crippen LogP contribution in [0.25, 0.3) is 0 Å². The molecule has 3 heteroatoms. The van der Waals surface area contributed by atoms with Crippen molar-refractivity contribution in [2.75, 3.05) is 6.61 Å². The van der Waals surface area contributed by atoms with Crippen LogP contribution in [0.4, 0.5) is 0 Å². The van der Waals surface area contributed by atoms with Crippen molar-refractivity contribution in [3.63, 3.8) is 0 Å². The van der Waals surface area contributed by atoms with Gasteiger partial charge in [-0.2, -0.15) is 0 Å². The third-order valence-electron chi connectivity index (χ3n) is 2.03. The average Bonchev–Trinajstić information content (AvgIpc) is 2.18. The largest absolute Gasteiger partial charge is 0.488 e. The van der Waals surface area contributed by atoms with E-state index in [-0.39, 0.29) is 0 Å². The Morgan fingerprint density at radius 3 is 2.81 bits per heavy atom. The van der Waals surface area contributed by atoms with E-state index in [4.69, 9.17) is 16.3 Å². The van der Waals surface area contributed by atoms with E-state index < -0.39 is 6.10 Å². The average molecular weight is 241 g/mol. The Balaban J connectivity index is 2.81. The second-order valence-electron chi connectivity index (χ2n) is 4.03. The highest BCUT2D eigenvalue weighted by Crippen LogP contribution is 2.29. The Kier molecular flexibility index (Phi) is 4.84. The molecule has 0 aliphatic carbocycles. The first-order valence-corrected chi connectivity index (χ1v) is 5.61. The Labute approximate surface area is 102 Å². The second-order valence-corrected chi connectivity index (χ2v) is 4.41. The third-order valence-corrected chi connectivity index (χ3v) is 2.46. The van der Waals surface area contributed by atoms with Crippen LogP contribution in [-0.4, -0.2) is 17.8 Å². The van der Waals surface area contributed by atoms with Crippen LogP contribution in [0, 0.1) is 0 Å². The number of aliphatic hydroxyl groups excluding tert-OH is 1. The highest BCUT2D eigenvalue weighted by molar-refractivity contribution is 6.32. The van der Waals surface area contributed by atoms with Crippen molar-refractivity contribution in [1.29, 1.82) is 0 Å². The molecule has 0 aliphatic rings. The lowest BCUT2D eigenvalue weighted by Crippen LogP contribution is -2.06. The van der Waals surface area contributed by atoms with E-state index in [9.17, 15) is 5.11 Å². The number of aliphatic hydroxyl groups is 1. The fourth-order valence-electron chi connectivity index (χ4n) is 1.34. The summed E-state index contributed by atoms with van der Waals surface area (Å²) in [6.45, 7) is 7.85. The summed E-state index contributed by atoms with van der Waals surface area (Å²) in [4.78, 5) is 0. The van der Waals surface area contributed by atoms with Gasteiger partial charge in [-0.3, -0.25) is 0 Å². The molecular weight excluding hydrogens is 224 g/mol. The van der Waals surface area contributed by atoms with Crippen molar-refractivity contribution in [1.82, 2.24) is 0 Å². The van der Waals surface area contributed by atoms with E-state index in [2.05, 4.69) is 6.58 Å². The highest BCUT2D eigenvalue weighted by Gasteiger charge is 2.09. The molecule has 1 aromatic carbocycles. The summed E-state index contributed by atoms with van der Waals surface area (Å²) < 4.78 is 5.51. The van der Waals surface area contributed by atoms with Crippen molar-refractivity contribution in [2.45, 2.75) is 26.4 Å². The van der Waals surface area contributed by atoms with E-state index in [0.29, 0.717) is 23.8 Å². The molecule has 0 saturated heterocycles. The summed E-state index contributed by atoms with van der Waals surface area (Å²) in [7, 11) is 0. The number of hydrogen-bond acceptors (Lipinski definition) is 2. The zero-order valence-electron chi connectivity index (χ0n) is 9.66. The molecule has 0 fully saturated rings. The molecule has 0 radical (unpaired) electrons. The topological polar surface area (TPSA) is 29.5 Å². The normalized spacial score (nSPS) is 12.2. The zero-order valence-corrected chi connectivity index (χ0v) is 10.4. The molecule has 1 rings (SSSR count). The van der Waals surface area contributed by atoms with Crippen LogP contribution in [0.2, 0.25) is 5.02 Å². The van der Waals surface area contributed by atoms with E-state index in [1.165, 1.54) is 0 Å². The quantitative estimate of drug-likeness (QED) is 0.801. The maximum Gasteiger partial charge on any atom is 0.138 e. The summed E-state index contributed by atoms with van der Waals surface area (Å²) in [5.41, 5.74) is 1.84. The SMILES string of the molecule is C=C(C)COc1cccc(CC(C)O)c1Cl. The van der Waals surface area contributed by atoms with E-state index >= 15 is 0 Å². The monoisotopic (exact) mass is 240 g/mol. The van der Waals surface area contributed by atoms with Gasteiger partial charge in [-0.1, -0.05) is 30.3 Å². The molecule has 0 aliphatic heterocycles.